The first-order valence-corrected chi connectivity index (χ1v) is 6.06. The van der Waals surface area contributed by atoms with Crippen LogP contribution in [0.15, 0.2) is 0 Å². The summed E-state index contributed by atoms with van der Waals surface area (Å²) in [5, 5.41) is 8.66. The van der Waals surface area contributed by atoms with E-state index in [1.807, 2.05) is 0 Å². The van der Waals surface area contributed by atoms with E-state index in [0.717, 1.165) is 12.8 Å². The third-order valence-corrected chi connectivity index (χ3v) is 3.17. The number of aliphatic carboxylic acids is 1. The van der Waals surface area contributed by atoms with Gasteiger partial charge in [0.2, 0.25) is 6.79 Å². The molecule has 0 saturated heterocycles. The molecule has 0 bridgehead atoms. The van der Waals surface area contributed by atoms with Gasteiger partial charge in [-0.3, -0.25) is 14.4 Å². The van der Waals surface area contributed by atoms with Gasteiger partial charge in [0.05, 0.1) is 0 Å². The summed E-state index contributed by atoms with van der Waals surface area (Å²) in [5.74, 6) is -1.56. The van der Waals surface area contributed by atoms with Crippen molar-refractivity contribution in [2.24, 2.45) is 11.8 Å². The first-order valence-electron chi connectivity index (χ1n) is 6.06. The Balaban J connectivity index is 2.16. The molecule has 1 aliphatic carbocycles. The molecule has 0 aromatic carbocycles. The van der Waals surface area contributed by atoms with Crippen LogP contribution in [0.2, 0.25) is 0 Å². The van der Waals surface area contributed by atoms with Crippen molar-refractivity contribution in [2.45, 2.75) is 39.0 Å². The lowest BCUT2D eigenvalue weighted by Crippen LogP contribution is -2.30. The van der Waals surface area contributed by atoms with E-state index in [1.165, 1.54) is 0 Å². The first-order chi connectivity index (χ1) is 8.52. The maximum Gasteiger partial charge on any atom is 0.308 e. The van der Waals surface area contributed by atoms with Gasteiger partial charge in [0.25, 0.3) is 0 Å². The number of carbonyl (C=O) groups is 3. The fourth-order valence-electron chi connectivity index (χ4n) is 1.94. The van der Waals surface area contributed by atoms with Gasteiger partial charge in [0, 0.05) is 19.3 Å². The Labute approximate surface area is 105 Å². The van der Waals surface area contributed by atoms with Crippen molar-refractivity contribution >= 4 is 17.9 Å². The highest BCUT2D eigenvalue weighted by Crippen LogP contribution is 2.39. The van der Waals surface area contributed by atoms with Crippen molar-refractivity contribution in [2.75, 3.05) is 6.79 Å². The summed E-state index contributed by atoms with van der Waals surface area (Å²) in [6, 6.07) is 0. The highest BCUT2D eigenvalue weighted by Gasteiger charge is 2.34. The van der Waals surface area contributed by atoms with Gasteiger partial charge in [-0.1, -0.05) is 6.92 Å². The molecule has 0 spiro atoms. The summed E-state index contributed by atoms with van der Waals surface area (Å²) in [6.45, 7) is 1.29. The predicted octanol–water partition coefficient (Wildman–Crippen LogP) is 1.33. The summed E-state index contributed by atoms with van der Waals surface area (Å²) >= 11 is 0. The molecule has 1 fully saturated rings. The van der Waals surface area contributed by atoms with Gasteiger partial charge in [-0.25, -0.2) is 0 Å². The molecule has 2 atom stereocenters. The SMILES string of the molecule is CCC(=O)OCOC(=O)CC1CCC1CC(=O)O. The van der Waals surface area contributed by atoms with E-state index >= 15 is 0 Å². The molecule has 18 heavy (non-hydrogen) atoms. The minimum Gasteiger partial charge on any atom is -0.481 e. The average Bonchev–Trinajstić information content (AvgIpc) is 2.31. The number of rotatable bonds is 7. The molecule has 1 rings (SSSR count). The first kappa shape index (κ1) is 14.5. The Morgan fingerprint density at radius 2 is 1.61 bits per heavy atom. The molecular weight excluding hydrogens is 240 g/mol. The van der Waals surface area contributed by atoms with Crippen LogP contribution >= 0.6 is 0 Å². The largest absolute Gasteiger partial charge is 0.481 e. The molecule has 0 amide bonds. The van der Waals surface area contributed by atoms with Gasteiger partial charge < -0.3 is 14.6 Å². The van der Waals surface area contributed by atoms with Crippen molar-refractivity contribution in [3.63, 3.8) is 0 Å². The molecule has 1 saturated carbocycles. The summed E-state index contributed by atoms with van der Waals surface area (Å²) in [7, 11) is 0. The number of ether oxygens (including phenoxy) is 2. The van der Waals surface area contributed by atoms with E-state index in [1.54, 1.807) is 6.92 Å². The van der Waals surface area contributed by atoms with Gasteiger partial charge >= 0.3 is 17.9 Å². The molecule has 1 aliphatic rings. The van der Waals surface area contributed by atoms with Crippen LogP contribution in [0.25, 0.3) is 0 Å². The average molecular weight is 258 g/mol. The van der Waals surface area contributed by atoms with Crippen LogP contribution in [0, 0.1) is 11.8 Å². The van der Waals surface area contributed by atoms with Crippen LogP contribution in [0.5, 0.6) is 0 Å². The zero-order chi connectivity index (χ0) is 13.5. The Hall–Kier alpha value is -1.59. The summed E-state index contributed by atoms with van der Waals surface area (Å²) < 4.78 is 9.36. The number of carboxylic acid groups (broad SMARTS) is 1. The van der Waals surface area contributed by atoms with Crippen LogP contribution in [0.4, 0.5) is 0 Å². The fraction of sp³-hybridized carbons (Fsp3) is 0.750. The van der Waals surface area contributed by atoms with Crippen molar-refractivity contribution < 1.29 is 29.0 Å². The number of esters is 2. The molecule has 2 unspecified atom stereocenters. The van der Waals surface area contributed by atoms with E-state index in [0.29, 0.717) is 0 Å². The van der Waals surface area contributed by atoms with Crippen LogP contribution in [0.1, 0.15) is 39.0 Å². The summed E-state index contributed by atoms with van der Waals surface area (Å²) in [4.78, 5) is 32.7. The Morgan fingerprint density at radius 1 is 1.06 bits per heavy atom. The third-order valence-electron chi connectivity index (χ3n) is 3.17. The molecule has 1 N–H and O–H groups in total. The van der Waals surface area contributed by atoms with Gasteiger partial charge in [-0.2, -0.15) is 0 Å². The quantitative estimate of drug-likeness (QED) is 0.547. The van der Waals surface area contributed by atoms with Crippen molar-refractivity contribution in [1.29, 1.82) is 0 Å². The molecule has 0 aromatic rings. The minimum absolute atomic E-state index is 0.0632. The van der Waals surface area contributed by atoms with Crippen molar-refractivity contribution in [1.82, 2.24) is 0 Å². The highest BCUT2D eigenvalue weighted by atomic mass is 16.7. The Morgan fingerprint density at radius 3 is 2.11 bits per heavy atom. The molecule has 6 heteroatoms. The van der Waals surface area contributed by atoms with Crippen LogP contribution in [-0.2, 0) is 23.9 Å². The lowest BCUT2D eigenvalue weighted by atomic mass is 9.70. The predicted molar refractivity (Wildman–Crippen MR) is 60.4 cm³/mol. The smallest absolute Gasteiger partial charge is 0.308 e. The normalized spacial score (nSPS) is 21.8. The molecule has 6 nitrogen and oxygen atoms in total. The van der Waals surface area contributed by atoms with Crippen LogP contribution in [-0.4, -0.2) is 29.8 Å². The minimum atomic E-state index is -0.838. The number of carboxylic acids is 1. The second-order valence-electron chi connectivity index (χ2n) is 4.40. The maximum atomic E-state index is 11.4. The zero-order valence-corrected chi connectivity index (χ0v) is 10.4. The number of hydrogen-bond acceptors (Lipinski definition) is 5. The number of carbonyl (C=O) groups excluding carboxylic acids is 2. The summed E-state index contributed by atoms with van der Waals surface area (Å²) in [5.41, 5.74) is 0. The Kier molecular flexibility index (Phi) is 5.61. The zero-order valence-electron chi connectivity index (χ0n) is 10.4. The van der Waals surface area contributed by atoms with Gasteiger partial charge in [0.15, 0.2) is 0 Å². The lowest BCUT2D eigenvalue weighted by molar-refractivity contribution is -0.168. The number of hydrogen-bond donors (Lipinski definition) is 1. The second kappa shape index (κ2) is 6.98. The summed E-state index contributed by atoms with van der Waals surface area (Å²) in [6.07, 6.45) is 2.22. The van der Waals surface area contributed by atoms with Gasteiger partial charge in [0.1, 0.15) is 0 Å². The van der Waals surface area contributed by atoms with Crippen LogP contribution < -0.4 is 0 Å². The molecule has 0 heterocycles. The van der Waals surface area contributed by atoms with Crippen molar-refractivity contribution in [3.8, 4) is 0 Å². The fourth-order valence-corrected chi connectivity index (χ4v) is 1.94. The van der Waals surface area contributed by atoms with Gasteiger partial charge in [-0.05, 0) is 24.7 Å². The topological polar surface area (TPSA) is 89.9 Å². The van der Waals surface area contributed by atoms with Gasteiger partial charge in [-0.15, -0.1) is 0 Å². The lowest BCUT2D eigenvalue weighted by Gasteiger charge is -2.34. The second-order valence-corrected chi connectivity index (χ2v) is 4.40. The van der Waals surface area contributed by atoms with E-state index in [9.17, 15) is 14.4 Å². The monoisotopic (exact) mass is 258 g/mol. The molecular formula is C12H18O6. The van der Waals surface area contributed by atoms with E-state index in [4.69, 9.17) is 9.84 Å². The molecule has 0 radical (unpaired) electrons. The van der Waals surface area contributed by atoms with E-state index in [2.05, 4.69) is 4.74 Å². The standard InChI is InChI=1S/C12H18O6/c1-2-11(15)17-7-18-12(16)6-9-4-3-8(9)5-10(13)14/h8-9H,2-7H2,1H3,(H,13,14). The third kappa shape index (κ3) is 4.73. The molecule has 0 aromatic heterocycles. The highest BCUT2D eigenvalue weighted by molar-refractivity contribution is 5.71. The molecule has 102 valence electrons. The maximum absolute atomic E-state index is 11.4. The van der Waals surface area contributed by atoms with E-state index < -0.39 is 17.9 Å². The van der Waals surface area contributed by atoms with E-state index in [-0.39, 0.29) is 37.9 Å². The molecule has 0 aliphatic heterocycles. The van der Waals surface area contributed by atoms with Crippen molar-refractivity contribution in [3.05, 3.63) is 0 Å². The van der Waals surface area contributed by atoms with Crippen LogP contribution in [0.3, 0.4) is 0 Å². The Bertz CT molecular complexity index is 325.